The highest BCUT2D eigenvalue weighted by Crippen LogP contribution is 2.25. The van der Waals surface area contributed by atoms with Crippen LogP contribution in [-0.4, -0.2) is 17.4 Å². The third-order valence-electron chi connectivity index (χ3n) is 2.97. The van der Waals surface area contributed by atoms with Crippen LogP contribution in [0.3, 0.4) is 0 Å². The average Bonchev–Trinajstić information content (AvgIpc) is 2.67. The van der Waals surface area contributed by atoms with Crippen molar-refractivity contribution < 1.29 is 4.79 Å². The van der Waals surface area contributed by atoms with Crippen molar-refractivity contribution in [1.29, 1.82) is 0 Å². The summed E-state index contributed by atoms with van der Waals surface area (Å²) >= 11 is 0. The van der Waals surface area contributed by atoms with Crippen LogP contribution in [-0.2, 0) is 11.2 Å². The van der Waals surface area contributed by atoms with Crippen LogP contribution in [0.15, 0.2) is 29.3 Å². The number of carbonyl (C=O) groups is 1. The summed E-state index contributed by atoms with van der Waals surface area (Å²) in [7, 11) is 0. The number of rotatable bonds is 2. The standard InChI is InChI=1S/C15H21N3O/c1-5-10-8-6-7-9-11(10)12-13(19)17-14(16-12)18-15(2,3)4/h6-9,12H,5H2,1-4H3,(H2,16,17,18,19). The molecule has 1 aromatic rings. The van der Waals surface area contributed by atoms with Gasteiger partial charge in [-0.1, -0.05) is 31.2 Å². The Morgan fingerprint density at radius 3 is 2.63 bits per heavy atom. The second kappa shape index (κ2) is 5.03. The van der Waals surface area contributed by atoms with Crippen LogP contribution in [0, 0.1) is 0 Å². The quantitative estimate of drug-likeness (QED) is 0.855. The van der Waals surface area contributed by atoms with Gasteiger partial charge in [0.25, 0.3) is 5.91 Å². The number of nitrogens with zero attached hydrogens (tertiary/aromatic N) is 1. The number of aliphatic imine (C=N–C) groups is 1. The maximum atomic E-state index is 12.1. The second-order valence-electron chi connectivity index (χ2n) is 5.80. The van der Waals surface area contributed by atoms with Crippen LogP contribution in [0.5, 0.6) is 0 Å². The molecule has 1 amide bonds. The first-order valence-corrected chi connectivity index (χ1v) is 6.65. The molecule has 1 aliphatic rings. The molecule has 2 rings (SSSR count). The largest absolute Gasteiger partial charge is 0.351 e. The average molecular weight is 259 g/mol. The van der Waals surface area contributed by atoms with Crippen molar-refractivity contribution in [1.82, 2.24) is 10.6 Å². The molecule has 102 valence electrons. The third kappa shape index (κ3) is 3.13. The summed E-state index contributed by atoms with van der Waals surface area (Å²) in [5.41, 5.74) is 2.04. The number of nitrogens with one attached hydrogen (secondary N) is 2. The van der Waals surface area contributed by atoms with E-state index in [4.69, 9.17) is 0 Å². The summed E-state index contributed by atoms with van der Waals surface area (Å²) in [6, 6.07) is 7.54. The van der Waals surface area contributed by atoms with Gasteiger partial charge in [-0.3, -0.25) is 10.1 Å². The van der Waals surface area contributed by atoms with Gasteiger partial charge in [-0.15, -0.1) is 0 Å². The van der Waals surface area contributed by atoms with Crippen LogP contribution in [0.4, 0.5) is 0 Å². The van der Waals surface area contributed by atoms with Gasteiger partial charge in [0.05, 0.1) is 0 Å². The maximum absolute atomic E-state index is 12.1. The molecule has 1 atom stereocenters. The van der Waals surface area contributed by atoms with Crippen molar-refractivity contribution in [3.05, 3.63) is 35.4 Å². The van der Waals surface area contributed by atoms with Crippen LogP contribution in [0.1, 0.15) is 44.9 Å². The lowest BCUT2D eigenvalue weighted by molar-refractivity contribution is -0.120. The summed E-state index contributed by atoms with van der Waals surface area (Å²) < 4.78 is 0. The van der Waals surface area contributed by atoms with Gasteiger partial charge < -0.3 is 5.32 Å². The smallest absolute Gasteiger partial charge is 0.256 e. The van der Waals surface area contributed by atoms with Gasteiger partial charge in [0.1, 0.15) is 0 Å². The molecule has 1 unspecified atom stereocenters. The van der Waals surface area contributed by atoms with Crippen molar-refractivity contribution in [3.8, 4) is 0 Å². The van der Waals surface area contributed by atoms with Gasteiger partial charge in [-0.25, -0.2) is 4.99 Å². The zero-order valence-corrected chi connectivity index (χ0v) is 11.9. The molecular weight excluding hydrogens is 238 g/mol. The fourth-order valence-electron chi connectivity index (χ4n) is 2.16. The topological polar surface area (TPSA) is 53.5 Å². The predicted octanol–water partition coefficient (Wildman–Crippen LogP) is 2.16. The van der Waals surface area contributed by atoms with E-state index in [0.717, 1.165) is 12.0 Å². The molecule has 4 heteroatoms. The van der Waals surface area contributed by atoms with E-state index in [9.17, 15) is 4.79 Å². The predicted molar refractivity (Wildman–Crippen MR) is 77.0 cm³/mol. The Morgan fingerprint density at radius 2 is 2.00 bits per heavy atom. The maximum Gasteiger partial charge on any atom is 0.256 e. The molecule has 4 nitrogen and oxygen atoms in total. The molecule has 1 heterocycles. The Bertz CT molecular complexity index is 514. The molecule has 0 aromatic heterocycles. The van der Waals surface area contributed by atoms with E-state index >= 15 is 0 Å². The monoisotopic (exact) mass is 259 g/mol. The van der Waals surface area contributed by atoms with E-state index in [1.54, 1.807) is 0 Å². The van der Waals surface area contributed by atoms with Crippen molar-refractivity contribution in [2.24, 2.45) is 4.99 Å². The first-order chi connectivity index (χ1) is 8.90. The van der Waals surface area contributed by atoms with E-state index in [0.29, 0.717) is 5.96 Å². The van der Waals surface area contributed by atoms with Crippen molar-refractivity contribution >= 4 is 11.9 Å². The van der Waals surface area contributed by atoms with Crippen molar-refractivity contribution in [2.75, 3.05) is 0 Å². The molecule has 1 aliphatic heterocycles. The summed E-state index contributed by atoms with van der Waals surface area (Å²) in [5.74, 6) is 0.501. The molecule has 0 aliphatic carbocycles. The molecule has 0 bridgehead atoms. The third-order valence-corrected chi connectivity index (χ3v) is 2.97. The number of hydrogen-bond acceptors (Lipinski definition) is 3. The van der Waals surface area contributed by atoms with Crippen LogP contribution < -0.4 is 10.6 Å². The molecule has 19 heavy (non-hydrogen) atoms. The Morgan fingerprint density at radius 1 is 1.32 bits per heavy atom. The Kier molecular flexibility index (Phi) is 3.60. The van der Waals surface area contributed by atoms with E-state index in [1.165, 1.54) is 5.56 Å². The van der Waals surface area contributed by atoms with Gasteiger partial charge in [-0.2, -0.15) is 0 Å². The SMILES string of the molecule is CCc1ccccc1C1N=C(NC(C)(C)C)NC1=O. The van der Waals surface area contributed by atoms with E-state index < -0.39 is 6.04 Å². The molecule has 0 saturated heterocycles. The zero-order valence-electron chi connectivity index (χ0n) is 11.9. The van der Waals surface area contributed by atoms with Gasteiger partial charge in [0, 0.05) is 5.54 Å². The minimum atomic E-state index is -0.430. The highest BCUT2D eigenvalue weighted by atomic mass is 16.2. The fraction of sp³-hybridized carbons (Fsp3) is 0.467. The number of aryl methyl sites for hydroxylation is 1. The van der Waals surface area contributed by atoms with Crippen LogP contribution in [0.2, 0.25) is 0 Å². The summed E-state index contributed by atoms with van der Waals surface area (Å²) in [4.78, 5) is 16.6. The zero-order chi connectivity index (χ0) is 14.0. The summed E-state index contributed by atoms with van der Waals surface area (Å²) in [6.07, 6.45) is 0.900. The highest BCUT2D eigenvalue weighted by Gasteiger charge is 2.30. The second-order valence-corrected chi connectivity index (χ2v) is 5.80. The number of benzene rings is 1. The molecule has 0 saturated carbocycles. The Hall–Kier alpha value is -1.84. The summed E-state index contributed by atoms with van der Waals surface area (Å²) in [6.45, 7) is 8.20. The van der Waals surface area contributed by atoms with E-state index in [-0.39, 0.29) is 11.4 Å². The fourth-order valence-corrected chi connectivity index (χ4v) is 2.16. The summed E-state index contributed by atoms with van der Waals surface area (Å²) in [5, 5.41) is 6.01. The van der Waals surface area contributed by atoms with Gasteiger partial charge >= 0.3 is 0 Å². The van der Waals surface area contributed by atoms with Gasteiger partial charge in [-0.05, 0) is 38.3 Å². The lowest BCUT2D eigenvalue weighted by atomic mass is 9.99. The normalized spacial score (nSPS) is 19.1. The number of hydrogen-bond donors (Lipinski definition) is 2. The molecule has 0 fully saturated rings. The Labute approximate surface area is 114 Å². The van der Waals surface area contributed by atoms with Crippen LogP contribution in [0.25, 0.3) is 0 Å². The minimum Gasteiger partial charge on any atom is -0.351 e. The van der Waals surface area contributed by atoms with E-state index in [2.05, 4.69) is 22.5 Å². The van der Waals surface area contributed by atoms with Crippen molar-refractivity contribution in [3.63, 3.8) is 0 Å². The van der Waals surface area contributed by atoms with Gasteiger partial charge in [0.2, 0.25) is 0 Å². The molecule has 0 spiro atoms. The van der Waals surface area contributed by atoms with Crippen LogP contribution >= 0.6 is 0 Å². The molecular formula is C15H21N3O. The first kappa shape index (κ1) is 13.6. The molecule has 1 aromatic carbocycles. The number of guanidine groups is 1. The lowest BCUT2D eigenvalue weighted by Crippen LogP contribution is -2.46. The van der Waals surface area contributed by atoms with Gasteiger partial charge in [0.15, 0.2) is 12.0 Å². The molecule has 2 N–H and O–H groups in total. The highest BCUT2D eigenvalue weighted by molar-refractivity contribution is 6.05. The minimum absolute atomic E-state index is 0.0624. The van der Waals surface area contributed by atoms with Crippen molar-refractivity contribution in [2.45, 2.75) is 45.7 Å². The molecule has 0 radical (unpaired) electrons. The number of carbonyl (C=O) groups excluding carboxylic acids is 1. The first-order valence-electron chi connectivity index (χ1n) is 6.65. The van der Waals surface area contributed by atoms with E-state index in [1.807, 2.05) is 45.0 Å². The number of amides is 1. The lowest BCUT2D eigenvalue weighted by Gasteiger charge is -2.21. The Balaban J connectivity index is 2.27.